The topological polar surface area (TPSA) is 54.0 Å². The lowest BCUT2D eigenvalue weighted by Crippen LogP contribution is -2.56. The molecule has 1 heterocycles. The Kier molecular flexibility index (Phi) is 16.0. The fraction of sp³-hybridized carbons (Fsp3) is 0.781. The van der Waals surface area contributed by atoms with Crippen LogP contribution in [0.15, 0.2) is 34.5 Å². The van der Waals surface area contributed by atoms with Crippen molar-refractivity contribution in [2.75, 3.05) is 0 Å². The molecule has 9 heteroatoms. The minimum atomic E-state index is -2.06. The van der Waals surface area contributed by atoms with Crippen molar-refractivity contribution >= 4 is 53.5 Å². The monoisotopic (exact) mass is 736 g/mol. The lowest BCUT2D eigenvalue weighted by molar-refractivity contribution is -0.141. The van der Waals surface area contributed by atoms with Gasteiger partial charge in [-0.3, -0.25) is 0 Å². The van der Waals surface area contributed by atoms with E-state index < -0.39 is 30.6 Å². The summed E-state index contributed by atoms with van der Waals surface area (Å²) in [7, 11) is -6.13. The first-order chi connectivity index (χ1) is 19.0. The fourth-order valence-corrected chi connectivity index (χ4v) is 13.1. The number of ether oxygens (including phenoxy) is 1. The number of cyclic esters (lactones) is 1. The molecule has 41 heavy (non-hydrogen) atoms. The quantitative estimate of drug-likeness (QED) is 0.0607. The van der Waals surface area contributed by atoms with Gasteiger partial charge in [-0.15, -0.1) is 0 Å². The first kappa shape index (κ1) is 39.0. The third-order valence-electron chi connectivity index (χ3n) is 9.85. The molecule has 0 saturated carbocycles. The molecule has 0 unspecified atom stereocenters. The van der Waals surface area contributed by atoms with Crippen LogP contribution < -0.4 is 0 Å². The zero-order chi connectivity index (χ0) is 31.5. The Bertz CT molecular complexity index is 874. The molecule has 0 aromatic rings. The van der Waals surface area contributed by atoms with E-state index in [1.807, 2.05) is 12.2 Å². The molecule has 0 amide bonds. The Morgan fingerprint density at radius 3 is 1.93 bits per heavy atom. The minimum absolute atomic E-state index is 0.0808. The predicted octanol–water partition coefficient (Wildman–Crippen LogP) is 10.3. The van der Waals surface area contributed by atoms with E-state index in [1.165, 1.54) is 6.08 Å². The summed E-state index contributed by atoms with van der Waals surface area (Å²) in [6.45, 7) is 27.4. The van der Waals surface area contributed by atoms with Gasteiger partial charge in [0.05, 0.1) is 17.8 Å². The maximum atomic E-state index is 12.0. The van der Waals surface area contributed by atoms with Gasteiger partial charge in [-0.05, 0) is 71.5 Å². The van der Waals surface area contributed by atoms with Gasteiger partial charge in [-0.25, -0.2) is 4.79 Å². The molecule has 0 aromatic heterocycles. The number of esters is 1. The summed E-state index contributed by atoms with van der Waals surface area (Å²) in [5.74, 6) is -0.287. The van der Waals surface area contributed by atoms with Crippen LogP contribution in [0.4, 0.5) is 0 Å². The van der Waals surface area contributed by atoms with E-state index >= 15 is 0 Å². The van der Waals surface area contributed by atoms with Crippen molar-refractivity contribution in [2.45, 2.75) is 160 Å². The minimum Gasteiger partial charge on any atom is -0.455 e. The molecule has 1 aliphatic heterocycles. The number of carbonyl (C=O) groups excluding carboxylic acids is 1. The number of rotatable bonds is 18. The van der Waals surface area contributed by atoms with Crippen molar-refractivity contribution in [3.05, 3.63) is 34.5 Å². The Labute approximate surface area is 269 Å². The van der Waals surface area contributed by atoms with Crippen LogP contribution in [0.5, 0.6) is 0 Å². The molecule has 4 atom stereocenters. The average molecular weight is 737 g/mol. The Hall–Kier alpha value is -0.0494. The van der Waals surface area contributed by atoms with Gasteiger partial charge < -0.3 is 18.0 Å². The normalized spacial score (nSPS) is 20.4. The smallest absolute Gasteiger partial charge is 0.331 e. The van der Waals surface area contributed by atoms with Gasteiger partial charge in [0, 0.05) is 18.9 Å². The van der Waals surface area contributed by atoms with Crippen LogP contribution in [0.1, 0.15) is 82.1 Å². The van der Waals surface area contributed by atoms with E-state index in [4.69, 9.17) is 18.0 Å². The zero-order valence-corrected chi connectivity index (χ0v) is 33.4. The lowest BCUT2D eigenvalue weighted by atomic mass is 9.93. The van der Waals surface area contributed by atoms with Crippen molar-refractivity contribution in [3.8, 4) is 0 Å². The third-order valence-corrected chi connectivity index (χ3v) is 24.2. The van der Waals surface area contributed by atoms with Crippen LogP contribution in [0.3, 0.4) is 0 Å². The molecule has 0 aromatic carbocycles. The molecule has 0 saturated heterocycles. The fourth-order valence-electron chi connectivity index (χ4n) is 5.31. The van der Waals surface area contributed by atoms with Crippen molar-refractivity contribution in [2.24, 2.45) is 0 Å². The summed E-state index contributed by atoms with van der Waals surface area (Å²) in [6.07, 6.45) is 10.6. The van der Waals surface area contributed by atoms with Crippen molar-refractivity contribution < 1.29 is 22.8 Å². The SMILES string of the molecule is CC[Si](CC)(CC)O[C@H](C[C@H](/C=C\I)O[Si](C)(C)C(C)(C)C)[C@@](C)(/C=C/[C@H]1CC=CC(=O)O1)O[Si](CC)(CC)CC. The van der Waals surface area contributed by atoms with Crippen LogP contribution in [-0.4, -0.2) is 54.8 Å². The highest BCUT2D eigenvalue weighted by molar-refractivity contribution is 14.1. The van der Waals surface area contributed by atoms with Crippen LogP contribution in [-0.2, 0) is 22.8 Å². The molecule has 0 spiro atoms. The van der Waals surface area contributed by atoms with Gasteiger partial charge in [-0.2, -0.15) is 0 Å². The van der Waals surface area contributed by atoms with Gasteiger partial charge in [-0.1, -0.05) is 103 Å². The summed E-state index contributed by atoms with van der Waals surface area (Å²) in [5, 5.41) is 0.0995. The molecule has 1 aliphatic rings. The summed E-state index contributed by atoms with van der Waals surface area (Å²) < 4.78 is 29.6. The molecule has 0 fully saturated rings. The van der Waals surface area contributed by atoms with E-state index in [0.29, 0.717) is 12.8 Å². The maximum absolute atomic E-state index is 12.0. The molecule has 0 bridgehead atoms. The summed E-state index contributed by atoms with van der Waals surface area (Å²) in [4.78, 5) is 12.0. The standard InChI is InChI=1S/C32H61IO5Si3/c1-13-40(14-2,15-3)37-29(26-28(23-25-33)36-39(11,12)31(7,8)9)32(10,38-41(16-4,17-5)18-6)24-22-27-20-19-21-30(34)35-27/h19,21-25,27-29H,13-18,20,26H2,1-12H3/b24-22+,25-23-/t27-,28+,29-,32-/m1/s1. The summed E-state index contributed by atoms with van der Waals surface area (Å²) in [5.41, 5.74) is -0.687. The molecule has 5 nitrogen and oxygen atoms in total. The number of halogens is 1. The van der Waals surface area contributed by atoms with E-state index in [9.17, 15) is 4.79 Å². The largest absolute Gasteiger partial charge is 0.455 e. The number of hydrogen-bond donors (Lipinski definition) is 0. The lowest BCUT2D eigenvalue weighted by Gasteiger charge is -2.48. The number of carbonyl (C=O) groups is 1. The van der Waals surface area contributed by atoms with Crippen LogP contribution >= 0.6 is 22.6 Å². The maximum Gasteiger partial charge on any atom is 0.331 e. The van der Waals surface area contributed by atoms with E-state index in [0.717, 1.165) is 36.3 Å². The van der Waals surface area contributed by atoms with Crippen LogP contribution in [0.2, 0.25) is 54.4 Å². The first-order valence-corrected chi connectivity index (χ1v) is 25.1. The zero-order valence-electron chi connectivity index (χ0n) is 28.3. The van der Waals surface area contributed by atoms with Gasteiger partial charge in [0.2, 0.25) is 0 Å². The van der Waals surface area contributed by atoms with Gasteiger partial charge >= 0.3 is 5.97 Å². The Morgan fingerprint density at radius 2 is 1.49 bits per heavy atom. The average Bonchev–Trinajstić information content (AvgIpc) is 2.92. The molecule has 1 rings (SSSR count). The van der Waals surface area contributed by atoms with Crippen molar-refractivity contribution in [1.82, 2.24) is 0 Å². The predicted molar refractivity (Wildman–Crippen MR) is 191 cm³/mol. The van der Waals surface area contributed by atoms with Gasteiger partial charge in [0.1, 0.15) is 6.10 Å². The third kappa shape index (κ3) is 11.1. The molecule has 0 aliphatic carbocycles. The number of hydrogen-bond acceptors (Lipinski definition) is 5. The Morgan fingerprint density at radius 1 is 0.951 bits per heavy atom. The van der Waals surface area contributed by atoms with Crippen LogP contribution in [0.25, 0.3) is 0 Å². The van der Waals surface area contributed by atoms with E-state index in [-0.39, 0.29) is 29.3 Å². The van der Waals surface area contributed by atoms with Gasteiger partial charge in [0.25, 0.3) is 0 Å². The highest BCUT2D eigenvalue weighted by Gasteiger charge is 2.47. The highest BCUT2D eigenvalue weighted by Crippen LogP contribution is 2.41. The van der Waals surface area contributed by atoms with E-state index in [2.05, 4.69) is 121 Å². The first-order valence-electron chi connectivity index (χ1n) is 15.9. The van der Waals surface area contributed by atoms with Crippen molar-refractivity contribution in [1.29, 1.82) is 0 Å². The van der Waals surface area contributed by atoms with Gasteiger partial charge in [0.15, 0.2) is 25.0 Å². The highest BCUT2D eigenvalue weighted by atomic mass is 127. The molecular weight excluding hydrogens is 676 g/mol. The second-order valence-corrected chi connectivity index (χ2v) is 28.2. The van der Waals surface area contributed by atoms with Crippen LogP contribution in [0, 0.1) is 0 Å². The van der Waals surface area contributed by atoms with E-state index in [1.54, 1.807) is 0 Å². The molecule has 238 valence electrons. The Balaban J connectivity index is 3.76. The molecule has 0 N–H and O–H groups in total. The van der Waals surface area contributed by atoms with Crippen molar-refractivity contribution in [3.63, 3.8) is 0 Å². The summed E-state index contributed by atoms with van der Waals surface area (Å²) in [6, 6.07) is 6.34. The second kappa shape index (κ2) is 16.9. The molecule has 0 radical (unpaired) electrons. The summed E-state index contributed by atoms with van der Waals surface area (Å²) >= 11 is 2.31. The molecular formula is C32H61IO5Si3. The second-order valence-electron chi connectivity index (χ2n) is 13.3.